The second-order valence-electron chi connectivity index (χ2n) is 9.14. The van der Waals surface area contributed by atoms with E-state index in [0.29, 0.717) is 37.6 Å². The number of amides is 3. The summed E-state index contributed by atoms with van der Waals surface area (Å²) >= 11 is 0. The molecule has 0 aliphatic carbocycles. The van der Waals surface area contributed by atoms with Gasteiger partial charge in [-0.3, -0.25) is 14.6 Å². The number of anilines is 2. The number of carbonyl (C=O) groups excluding carboxylic acids is 2. The summed E-state index contributed by atoms with van der Waals surface area (Å²) < 4.78 is 41.2. The first kappa shape index (κ1) is 26.0. The molecular weight excluding hydrogens is 511 g/mol. The van der Waals surface area contributed by atoms with Crippen LogP contribution in [0.4, 0.5) is 29.5 Å². The molecule has 1 fully saturated rings. The second-order valence-corrected chi connectivity index (χ2v) is 9.14. The molecule has 3 amide bonds. The Bertz CT molecular complexity index is 1450. The third-order valence-electron chi connectivity index (χ3n) is 6.65. The molecule has 2 aromatic carbocycles. The first-order chi connectivity index (χ1) is 18.7. The molecule has 12 heteroatoms. The van der Waals surface area contributed by atoms with E-state index in [0.717, 1.165) is 12.1 Å². The van der Waals surface area contributed by atoms with Gasteiger partial charge in [-0.15, -0.1) is 0 Å². The number of hydrogen-bond donors (Lipinski definition) is 1. The highest BCUT2D eigenvalue weighted by Crippen LogP contribution is 2.34. The average Bonchev–Trinajstić information content (AvgIpc) is 3.37. The summed E-state index contributed by atoms with van der Waals surface area (Å²) in [5.74, 6) is -0.0620. The van der Waals surface area contributed by atoms with Gasteiger partial charge in [0.1, 0.15) is 11.6 Å². The first-order valence-corrected chi connectivity index (χ1v) is 12.2. The van der Waals surface area contributed by atoms with Gasteiger partial charge in [-0.1, -0.05) is 30.3 Å². The van der Waals surface area contributed by atoms with Crippen molar-refractivity contribution in [3.8, 4) is 6.07 Å². The number of nitriles is 1. The number of urea groups is 1. The van der Waals surface area contributed by atoms with Crippen LogP contribution in [0.15, 0.2) is 66.9 Å². The van der Waals surface area contributed by atoms with Crippen LogP contribution in [-0.2, 0) is 11.0 Å². The van der Waals surface area contributed by atoms with Crippen LogP contribution in [0.1, 0.15) is 16.7 Å². The minimum atomic E-state index is -4.51. The van der Waals surface area contributed by atoms with Gasteiger partial charge in [-0.2, -0.15) is 23.5 Å². The minimum Gasteiger partial charge on any atom is -0.322 e. The predicted octanol–water partition coefficient (Wildman–Crippen LogP) is 3.86. The molecular formula is C27H24F3N7O2. The van der Waals surface area contributed by atoms with Gasteiger partial charge in [0.05, 0.1) is 24.0 Å². The molecule has 39 heavy (non-hydrogen) atoms. The molecule has 9 nitrogen and oxygen atoms in total. The number of alkyl halides is 3. The number of fused-ring (bicyclic) bond motifs is 1. The first-order valence-electron chi connectivity index (χ1n) is 12.2. The summed E-state index contributed by atoms with van der Waals surface area (Å²) in [6.07, 6.45) is -1.59. The maximum atomic E-state index is 13.3. The van der Waals surface area contributed by atoms with E-state index in [2.05, 4.69) is 10.4 Å². The fraction of sp³-hybridized carbons (Fsp3) is 0.259. The Balaban J connectivity index is 1.27. The summed E-state index contributed by atoms with van der Waals surface area (Å²) in [5.41, 5.74) is 0.677. The van der Waals surface area contributed by atoms with Crippen molar-refractivity contribution in [2.45, 2.75) is 6.18 Å². The number of para-hydroxylation sites is 1. The molecule has 3 heterocycles. The Morgan fingerprint density at radius 2 is 1.77 bits per heavy atom. The molecule has 1 aromatic heterocycles. The third-order valence-corrected chi connectivity index (χ3v) is 6.65. The van der Waals surface area contributed by atoms with E-state index >= 15 is 0 Å². The van der Waals surface area contributed by atoms with Crippen LogP contribution in [-0.4, -0.2) is 70.8 Å². The Labute approximate surface area is 222 Å². The van der Waals surface area contributed by atoms with Crippen LogP contribution in [0, 0.1) is 11.3 Å². The lowest BCUT2D eigenvalue weighted by atomic mass is 10.1. The van der Waals surface area contributed by atoms with Crippen molar-refractivity contribution in [1.29, 1.82) is 5.26 Å². The topological polar surface area (TPSA) is 97.5 Å². The van der Waals surface area contributed by atoms with Gasteiger partial charge in [0.25, 0.3) is 0 Å². The Hall–Kier alpha value is -4.63. The molecule has 5 rings (SSSR count). The lowest BCUT2D eigenvalue weighted by Gasteiger charge is -2.36. The van der Waals surface area contributed by atoms with Crippen molar-refractivity contribution in [2.75, 3.05) is 49.5 Å². The quantitative estimate of drug-likeness (QED) is 0.547. The lowest BCUT2D eigenvalue weighted by Crippen LogP contribution is -2.53. The molecule has 0 spiro atoms. The van der Waals surface area contributed by atoms with Crippen LogP contribution in [0.5, 0.6) is 0 Å². The van der Waals surface area contributed by atoms with Gasteiger partial charge in [0.15, 0.2) is 5.82 Å². The van der Waals surface area contributed by atoms with Gasteiger partial charge < -0.3 is 10.2 Å². The Kier molecular flexibility index (Phi) is 7.08. The monoisotopic (exact) mass is 535 g/mol. The number of benzene rings is 2. The van der Waals surface area contributed by atoms with E-state index in [-0.39, 0.29) is 42.0 Å². The number of halogens is 3. The standard InChI is InChI=1S/C27H24F3N7O2/c28-27(29,30)21-6-4-5-19(15-21)23-9-10-36(25-20(16-31)17-32-37(23)25)24(38)18-34-11-13-35(14-12-34)26(39)33-22-7-2-1-3-8-22/h1-9,15,17H,10-14,18H2,(H,33,39). The summed E-state index contributed by atoms with van der Waals surface area (Å²) in [5, 5.41) is 16.7. The molecule has 1 saturated heterocycles. The largest absolute Gasteiger partial charge is 0.416 e. The number of nitrogens with one attached hydrogen (secondary N) is 1. The minimum absolute atomic E-state index is 0.0525. The SMILES string of the molecule is N#Cc1cnn2c1N(C(=O)CN1CCN(C(=O)Nc3ccccc3)CC1)CC=C2c1cccc(C(F)(F)F)c1. The lowest BCUT2D eigenvalue weighted by molar-refractivity contribution is -0.137. The van der Waals surface area contributed by atoms with Crippen molar-refractivity contribution < 1.29 is 22.8 Å². The van der Waals surface area contributed by atoms with Crippen molar-refractivity contribution >= 4 is 29.1 Å². The zero-order valence-electron chi connectivity index (χ0n) is 20.7. The predicted molar refractivity (Wildman–Crippen MR) is 138 cm³/mol. The van der Waals surface area contributed by atoms with Crippen LogP contribution in [0.2, 0.25) is 0 Å². The van der Waals surface area contributed by atoms with Gasteiger partial charge in [0.2, 0.25) is 5.91 Å². The molecule has 3 aromatic rings. The highest BCUT2D eigenvalue weighted by atomic mass is 19.4. The van der Waals surface area contributed by atoms with Crippen LogP contribution >= 0.6 is 0 Å². The Morgan fingerprint density at radius 1 is 1.03 bits per heavy atom. The fourth-order valence-electron chi connectivity index (χ4n) is 4.63. The summed E-state index contributed by atoms with van der Waals surface area (Å²) in [7, 11) is 0. The maximum absolute atomic E-state index is 13.3. The molecule has 2 aliphatic heterocycles. The van der Waals surface area contributed by atoms with Crippen molar-refractivity contribution in [3.63, 3.8) is 0 Å². The van der Waals surface area contributed by atoms with Gasteiger partial charge in [0, 0.05) is 44.0 Å². The number of rotatable bonds is 4. The molecule has 2 aliphatic rings. The molecule has 1 N–H and O–H groups in total. The number of nitrogens with zero attached hydrogens (tertiary/aromatic N) is 6. The molecule has 0 atom stereocenters. The summed E-state index contributed by atoms with van der Waals surface area (Å²) in [6, 6.07) is 15.8. The van der Waals surface area contributed by atoms with Crippen molar-refractivity contribution in [1.82, 2.24) is 19.6 Å². The Morgan fingerprint density at radius 3 is 2.46 bits per heavy atom. The van der Waals surface area contributed by atoms with Crippen LogP contribution < -0.4 is 10.2 Å². The smallest absolute Gasteiger partial charge is 0.322 e. The summed E-state index contributed by atoms with van der Waals surface area (Å²) in [6.45, 7) is 1.97. The van der Waals surface area contributed by atoms with E-state index in [1.807, 2.05) is 29.2 Å². The third kappa shape index (κ3) is 5.49. The highest BCUT2D eigenvalue weighted by molar-refractivity contribution is 5.97. The zero-order valence-corrected chi connectivity index (χ0v) is 20.7. The summed E-state index contributed by atoms with van der Waals surface area (Å²) in [4.78, 5) is 30.9. The van der Waals surface area contributed by atoms with Crippen molar-refractivity contribution in [2.24, 2.45) is 0 Å². The van der Waals surface area contributed by atoms with Gasteiger partial charge in [-0.05, 0) is 30.3 Å². The number of aromatic nitrogens is 2. The van der Waals surface area contributed by atoms with E-state index in [9.17, 15) is 28.0 Å². The van der Waals surface area contributed by atoms with E-state index in [4.69, 9.17) is 0 Å². The molecule has 0 unspecified atom stereocenters. The van der Waals surface area contributed by atoms with Gasteiger partial charge >= 0.3 is 12.2 Å². The van der Waals surface area contributed by atoms with Gasteiger partial charge in [-0.25, -0.2) is 9.48 Å². The van der Waals surface area contributed by atoms with E-state index in [1.54, 1.807) is 23.1 Å². The van der Waals surface area contributed by atoms with Crippen LogP contribution in [0.3, 0.4) is 0 Å². The molecule has 0 radical (unpaired) electrons. The zero-order chi connectivity index (χ0) is 27.6. The second kappa shape index (κ2) is 10.6. The number of piperazine rings is 1. The fourth-order valence-corrected chi connectivity index (χ4v) is 4.63. The average molecular weight is 536 g/mol. The molecule has 200 valence electrons. The van der Waals surface area contributed by atoms with Crippen molar-refractivity contribution in [3.05, 3.63) is 83.6 Å². The molecule has 0 bridgehead atoms. The molecule has 0 saturated carbocycles. The normalized spacial score (nSPS) is 15.8. The van der Waals surface area contributed by atoms with Crippen LogP contribution in [0.25, 0.3) is 5.70 Å². The number of hydrogen-bond acceptors (Lipinski definition) is 5. The maximum Gasteiger partial charge on any atom is 0.416 e. The van der Waals surface area contributed by atoms with E-state index < -0.39 is 11.7 Å². The number of carbonyl (C=O) groups is 2. The highest BCUT2D eigenvalue weighted by Gasteiger charge is 2.33. The van der Waals surface area contributed by atoms with E-state index in [1.165, 1.54) is 27.9 Å².